The van der Waals surface area contributed by atoms with E-state index in [0.717, 1.165) is 44.0 Å². The predicted molar refractivity (Wildman–Crippen MR) is 143 cm³/mol. The van der Waals surface area contributed by atoms with Crippen LogP contribution in [0.2, 0.25) is 0 Å². The Bertz CT molecular complexity index is 1270. The van der Waals surface area contributed by atoms with E-state index in [1.165, 1.54) is 0 Å². The van der Waals surface area contributed by atoms with Gasteiger partial charge in [-0.1, -0.05) is 12.1 Å². The molecular weight excluding hydrogens is 470 g/mol. The van der Waals surface area contributed by atoms with E-state index in [2.05, 4.69) is 25.8 Å². The highest BCUT2D eigenvalue weighted by molar-refractivity contribution is 6.07. The number of hydrogen-bond acceptors (Lipinski definition) is 7. The van der Waals surface area contributed by atoms with Crippen molar-refractivity contribution in [1.29, 1.82) is 0 Å². The molecule has 9 heteroatoms. The zero-order valence-corrected chi connectivity index (χ0v) is 20.8. The van der Waals surface area contributed by atoms with Gasteiger partial charge in [-0.2, -0.15) is 0 Å². The average Bonchev–Trinajstić information content (AvgIpc) is 3.44. The second-order valence-corrected chi connectivity index (χ2v) is 9.20. The van der Waals surface area contributed by atoms with Crippen LogP contribution in [0, 0.1) is 6.92 Å². The minimum Gasteiger partial charge on any atom is -0.489 e. The number of pyridine rings is 1. The number of hydrogen-bond donors (Lipinski definition) is 3. The molecule has 1 unspecified atom stereocenters. The zero-order chi connectivity index (χ0) is 25.6. The molecule has 192 valence electrons. The van der Waals surface area contributed by atoms with Gasteiger partial charge < -0.3 is 30.3 Å². The van der Waals surface area contributed by atoms with Crippen LogP contribution in [0.3, 0.4) is 0 Å². The summed E-state index contributed by atoms with van der Waals surface area (Å²) >= 11 is 0. The Morgan fingerprint density at radius 1 is 1.03 bits per heavy atom. The average molecular weight is 502 g/mol. The number of anilines is 3. The minimum atomic E-state index is -0.246. The van der Waals surface area contributed by atoms with E-state index in [9.17, 15) is 9.59 Å². The van der Waals surface area contributed by atoms with Crippen LogP contribution in [0.4, 0.5) is 17.2 Å². The van der Waals surface area contributed by atoms with Crippen molar-refractivity contribution in [2.75, 3.05) is 54.9 Å². The van der Waals surface area contributed by atoms with Crippen LogP contribution in [0.15, 0.2) is 60.8 Å². The third-order valence-electron chi connectivity index (χ3n) is 6.50. The Balaban J connectivity index is 1.25. The molecule has 0 aliphatic carbocycles. The molecule has 3 heterocycles. The molecule has 3 N–H and O–H groups in total. The number of amides is 2. The maximum atomic E-state index is 13.0. The van der Waals surface area contributed by atoms with Crippen molar-refractivity contribution >= 4 is 29.0 Å². The highest BCUT2D eigenvalue weighted by Crippen LogP contribution is 2.24. The summed E-state index contributed by atoms with van der Waals surface area (Å²) in [5.41, 5.74) is 3.11. The fourth-order valence-corrected chi connectivity index (χ4v) is 4.39. The number of aromatic nitrogens is 1. The summed E-state index contributed by atoms with van der Waals surface area (Å²) in [6, 6.07) is 16.1. The molecule has 2 aliphatic heterocycles. The first-order valence-corrected chi connectivity index (χ1v) is 12.5. The third kappa shape index (κ3) is 6.25. The molecule has 0 radical (unpaired) electrons. The summed E-state index contributed by atoms with van der Waals surface area (Å²) in [6.45, 7) is 6.43. The molecule has 1 aromatic heterocycles. The van der Waals surface area contributed by atoms with E-state index < -0.39 is 0 Å². The summed E-state index contributed by atoms with van der Waals surface area (Å²) in [5.74, 6) is 0.936. The number of benzene rings is 2. The summed E-state index contributed by atoms with van der Waals surface area (Å²) in [5, 5.41) is 9.17. The lowest BCUT2D eigenvalue weighted by molar-refractivity contribution is 0.101. The number of morpholine rings is 1. The van der Waals surface area contributed by atoms with Gasteiger partial charge in [0.05, 0.1) is 13.2 Å². The van der Waals surface area contributed by atoms with Gasteiger partial charge in [0.2, 0.25) is 0 Å². The van der Waals surface area contributed by atoms with E-state index in [4.69, 9.17) is 9.47 Å². The second kappa shape index (κ2) is 11.4. The molecular formula is C28H31N5O4. The van der Waals surface area contributed by atoms with Crippen LogP contribution in [-0.4, -0.2) is 62.3 Å². The van der Waals surface area contributed by atoms with E-state index >= 15 is 0 Å². The molecule has 3 aromatic rings. The van der Waals surface area contributed by atoms with Gasteiger partial charge in [-0.25, -0.2) is 4.98 Å². The molecule has 0 bridgehead atoms. The maximum absolute atomic E-state index is 13.0. The van der Waals surface area contributed by atoms with Crippen LogP contribution in [0.5, 0.6) is 5.75 Å². The first kappa shape index (κ1) is 24.7. The number of carbonyl (C=O) groups is 2. The molecule has 5 rings (SSSR count). The van der Waals surface area contributed by atoms with Crippen molar-refractivity contribution in [3.05, 3.63) is 77.5 Å². The molecule has 2 saturated heterocycles. The number of ether oxygens (including phenoxy) is 2. The molecule has 2 amide bonds. The molecule has 2 aromatic carbocycles. The van der Waals surface area contributed by atoms with Crippen molar-refractivity contribution in [1.82, 2.24) is 10.3 Å². The van der Waals surface area contributed by atoms with Crippen LogP contribution in [0.1, 0.15) is 32.7 Å². The van der Waals surface area contributed by atoms with Crippen LogP contribution >= 0.6 is 0 Å². The normalized spacial score (nSPS) is 17.3. The molecule has 1 atom stereocenters. The highest BCUT2D eigenvalue weighted by Gasteiger charge is 2.18. The number of aryl methyl sites for hydroxylation is 1. The van der Waals surface area contributed by atoms with Crippen LogP contribution in [0.25, 0.3) is 0 Å². The van der Waals surface area contributed by atoms with Gasteiger partial charge in [0.15, 0.2) is 0 Å². The van der Waals surface area contributed by atoms with Gasteiger partial charge >= 0.3 is 0 Å². The number of nitrogens with zero attached hydrogens (tertiary/aromatic N) is 2. The van der Waals surface area contributed by atoms with Crippen molar-refractivity contribution in [2.24, 2.45) is 0 Å². The Labute approximate surface area is 216 Å². The maximum Gasteiger partial charge on any atom is 0.255 e. The summed E-state index contributed by atoms with van der Waals surface area (Å²) in [6.07, 6.45) is 2.70. The first-order chi connectivity index (χ1) is 18.0. The standard InChI is InChI=1S/C28H31N5O4/c1-19-5-6-22(31-27(34)21-7-10-30-26(16-21)33-11-13-36-14-12-33)17-25(19)32-28(35)20-3-2-4-23(15-20)37-24-8-9-29-18-24/h2-7,10,15-17,24,29H,8-9,11-14,18H2,1H3,(H,31,34)(H,32,35). The monoisotopic (exact) mass is 501 g/mol. The van der Waals surface area contributed by atoms with E-state index in [1.807, 2.05) is 31.2 Å². The lowest BCUT2D eigenvalue weighted by Crippen LogP contribution is -2.36. The van der Waals surface area contributed by atoms with E-state index in [0.29, 0.717) is 41.5 Å². The van der Waals surface area contributed by atoms with Crippen LogP contribution < -0.4 is 25.6 Å². The fraction of sp³-hybridized carbons (Fsp3) is 0.321. The number of rotatable bonds is 7. The van der Waals surface area contributed by atoms with Gasteiger partial charge in [0.25, 0.3) is 11.8 Å². The number of nitrogens with one attached hydrogen (secondary N) is 3. The first-order valence-electron chi connectivity index (χ1n) is 12.5. The predicted octanol–water partition coefficient (Wildman–Crippen LogP) is 3.47. The summed E-state index contributed by atoms with van der Waals surface area (Å²) in [4.78, 5) is 32.5. The largest absolute Gasteiger partial charge is 0.489 e. The van der Waals surface area contributed by atoms with Crippen LogP contribution in [-0.2, 0) is 4.74 Å². The Morgan fingerprint density at radius 2 is 1.84 bits per heavy atom. The Hall–Kier alpha value is -3.95. The van der Waals surface area contributed by atoms with E-state index in [1.54, 1.807) is 36.5 Å². The SMILES string of the molecule is Cc1ccc(NC(=O)c2ccnc(N3CCOCC3)c2)cc1NC(=O)c1cccc(OC2CCNC2)c1. The Kier molecular flexibility index (Phi) is 7.62. The van der Waals surface area contributed by atoms with Gasteiger partial charge in [-0.05, 0) is 67.9 Å². The molecule has 0 spiro atoms. The highest BCUT2D eigenvalue weighted by atomic mass is 16.5. The minimum absolute atomic E-state index is 0.117. The summed E-state index contributed by atoms with van der Waals surface area (Å²) < 4.78 is 11.4. The van der Waals surface area contributed by atoms with Gasteiger partial charge in [0.1, 0.15) is 17.7 Å². The lowest BCUT2D eigenvalue weighted by atomic mass is 10.1. The molecule has 0 saturated carbocycles. The molecule has 9 nitrogen and oxygen atoms in total. The lowest BCUT2D eigenvalue weighted by Gasteiger charge is -2.27. The third-order valence-corrected chi connectivity index (χ3v) is 6.50. The fourth-order valence-electron chi connectivity index (χ4n) is 4.39. The van der Waals surface area contributed by atoms with Gasteiger partial charge in [-0.3, -0.25) is 9.59 Å². The second-order valence-electron chi connectivity index (χ2n) is 9.20. The summed E-state index contributed by atoms with van der Waals surface area (Å²) in [7, 11) is 0. The quantitative estimate of drug-likeness (QED) is 0.455. The smallest absolute Gasteiger partial charge is 0.255 e. The van der Waals surface area contributed by atoms with Crippen molar-refractivity contribution < 1.29 is 19.1 Å². The van der Waals surface area contributed by atoms with Gasteiger partial charge in [-0.15, -0.1) is 0 Å². The number of carbonyl (C=O) groups excluding carboxylic acids is 2. The topological polar surface area (TPSA) is 105 Å². The molecule has 2 fully saturated rings. The Morgan fingerprint density at radius 3 is 2.65 bits per heavy atom. The van der Waals surface area contributed by atoms with Gasteiger partial charge in [0, 0.05) is 48.3 Å². The van der Waals surface area contributed by atoms with Crippen molar-refractivity contribution in [3.63, 3.8) is 0 Å². The molecule has 37 heavy (non-hydrogen) atoms. The van der Waals surface area contributed by atoms with Crippen molar-refractivity contribution in [2.45, 2.75) is 19.4 Å². The molecule has 2 aliphatic rings. The van der Waals surface area contributed by atoms with E-state index in [-0.39, 0.29) is 17.9 Å². The van der Waals surface area contributed by atoms with Crippen molar-refractivity contribution in [3.8, 4) is 5.75 Å². The zero-order valence-electron chi connectivity index (χ0n) is 20.8.